The van der Waals surface area contributed by atoms with Crippen LogP contribution >= 0.6 is 0 Å². The van der Waals surface area contributed by atoms with Gasteiger partial charge in [0.05, 0.1) is 12.8 Å². The van der Waals surface area contributed by atoms with Crippen molar-refractivity contribution < 1.29 is 19.1 Å². The van der Waals surface area contributed by atoms with E-state index < -0.39 is 17.7 Å². The van der Waals surface area contributed by atoms with Gasteiger partial charge in [0.25, 0.3) is 0 Å². The SMILES string of the molecule is CCOC(=O)CN(C(=O)OC(C)(C)C)C(C)NC. The van der Waals surface area contributed by atoms with E-state index >= 15 is 0 Å². The van der Waals surface area contributed by atoms with E-state index in [1.165, 1.54) is 4.90 Å². The Bertz CT molecular complexity index is 286. The standard InChI is InChI=1S/C12H24N2O4/c1-7-17-10(15)8-14(9(2)13-6)11(16)18-12(3,4)5/h9,13H,7-8H2,1-6H3. The fourth-order valence-electron chi connectivity index (χ4n) is 1.18. The van der Waals surface area contributed by atoms with Crippen LogP contribution in [0.15, 0.2) is 0 Å². The van der Waals surface area contributed by atoms with Gasteiger partial charge < -0.3 is 14.8 Å². The summed E-state index contributed by atoms with van der Waals surface area (Å²) in [5, 5.41) is 2.90. The van der Waals surface area contributed by atoms with E-state index in [2.05, 4.69) is 5.32 Å². The van der Waals surface area contributed by atoms with Crippen molar-refractivity contribution in [2.45, 2.75) is 46.4 Å². The number of rotatable bonds is 5. The van der Waals surface area contributed by atoms with Crippen LogP contribution in [-0.4, -0.2) is 48.9 Å². The molecule has 0 saturated carbocycles. The highest BCUT2D eigenvalue weighted by atomic mass is 16.6. The predicted molar refractivity (Wildman–Crippen MR) is 68.1 cm³/mol. The van der Waals surface area contributed by atoms with Gasteiger partial charge in [0.2, 0.25) is 0 Å². The van der Waals surface area contributed by atoms with E-state index in [1.54, 1.807) is 41.7 Å². The molecule has 0 heterocycles. The lowest BCUT2D eigenvalue weighted by atomic mass is 10.2. The number of esters is 1. The van der Waals surface area contributed by atoms with Crippen LogP contribution in [0.5, 0.6) is 0 Å². The molecule has 0 aromatic rings. The Kier molecular flexibility index (Phi) is 6.68. The third-order valence-corrected chi connectivity index (χ3v) is 2.12. The van der Waals surface area contributed by atoms with Gasteiger partial charge in [0, 0.05) is 0 Å². The summed E-state index contributed by atoms with van der Waals surface area (Å²) in [6.07, 6.45) is -0.860. The Morgan fingerprint density at radius 3 is 2.28 bits per heavy atom. The van der Waals surface area contributed by atoms with Gasteiger partial charge in [-0.3, -0.25) is 9.69 Å². The first-order chi connectivity index (χ1) is 8.21. The number of carbonyl (C=O) groups excluding carboxylic acids is 2. The molecule has 0 radical (unpaired) electrons. The fourth-order valence-corrected chi connectivity index (χ4v) is 1.18. The lowest BCUT2D eigenvalue weighted by Crippen LogP contribution is -2.50. The van der Waals surface area contributed by atoms with Crippen molar-refractivity contribution in [2.24, 2.45) is 0 Å². The molecule has 106 valence electrons. The molecule has 1 amide bonds. The van der Waals surface area contributed by atoms with Gasteiger partial charge in [-0.2, -0.15) is 0 Å². The second kappa shape index (κ2) is 7.20. The maximum Gasteiger partial charge on any atom is 0.412 e. The van der Waals surface area contributed by atoms with Crippen LogP contribution in [-0.2, 0) is 14.3 Å². The van der Waals surface area contributed by atoms with Gasteiger partial charge in [-0.15, -0.1) is 0 Å². The third kappa shape index (κ3) is 6.44. The first kappa shape index (κ1) is 16.7. The van der Waals surface area contributed by atoms with Crippen LogP contribution in [0.1, 0.15) is 34.6 Å². The van der Waals surface area contributed by atoms with E-state index in [0.29, 0.717) is 0 Å². The topological polar surface area (TPSA) is 67.9 Å². The summed E-state index contributed by atoms with van der Waals surface area (Å²) >= 11 is 0. The summed E-state index contributed by atoms with van der Waals surface area (Å²) in [5.41, 5.74) is -0.600. The summed E-state index contributed by atoms with van der Waals surface area (Å²) in [6.45, 7) is 8.96. The molecule has 0 spiro atoms. The summed E-state index contributed by atoms with van der Waals surface area (Å²) in [7, 11) is 1.70. The number of ether oxygens (including phenoxy) is 2. The van der Waals surface area contributed by atoms with Crippen LogP contribution in [0.3, 0.4) is 0 Å². The molecule has 0 aliphatic heterocycles. The number of nitrogens with zero attached hydrogens (tertiary/aromatic N) is 1. The Hall–Kier alpha value is -1.30. The highest BCUT2D eigenvalue weighted by Gasteiger charge is 2.27. The lowest BCUT2D eigenvalue weighted by Gasteiger charge is -2.30. The molecular weight excluding hydrogens is 236 g/mol. The van der Waals surface area contributed by atoms with Gasteiger partial charge in [-0.25, -0.2) is 4.79 Å². The monoisotopic (exact) mass is 260 g/mol. The largest absolute Gasteiger partial charge is 0.465 e. The van der Waals surface area contributed by atoms with Crippen molar-refractivity contribution >= 4 is 12.1 Å². The zero-order valence-electron chi connectivity index (χ0n) is 12.1. The summed E-state index contributed by atoms with van der Waals surface area (Å²) in [5.74, 6) is -0.453. The normalized spacial score (nSPS) is 12.8. The lowest BCUT2D eigenvalue weighted by molar-refractivity contribution is -0.145. The van der Waals surface area contributed by atoms with Crippen LogP contribution in [0.4, 0.5) is 4.79 Å². The van der Waals surface area contributed by atoms with Crippen molar-refractivity contribution in [1.29, 1.82) is 0 Å². The number of hydrogen-bond acceptors (Lipinski definition) is 5. The molecule has 0 aliphatic rings. The quantitative estimate of drug-likeness (QED) is 0.597. The van der Waals surface area contributed by atoms with Crippen molar-refractivity contribution in [3.05, 3.63) is 0 Å². The molecule has 18 heavy (non-hydrogen) atoms. The Balaban J connectivity index is 4.68. The minimum absolute atomic E-state index is 0.134. The molecule has 0 aromatic heterocycles. The zero-order valence-corrected chi connectivity index (χ0v) is 12.1. The number of carbonyl (C=O) groups is 2. The molecule has 0 bridgehead atoms. The molecule has 0 saturated heterocycles. The van der Waals surface area contributed by atoms with Gasteiger partial charge in [0.1, 0.15) is 12.1 Å². The van der Waals surface area contributed by atoms with Gasteiger partial charge >= 0.3 is 12.1 Å². The predicted octanol–water partition coefficient (Wildman–Crippen LogP) is 1.35. The third-order valence-electron chi connectivity index (χ3n) is 2.12. The van der Waals surface area contributed by atoms with Gasteiger partial charge in [-0.05, 0) is 41.7 Å². The smallest absolute Gasteiger partial charge is 0.412 e. The van der Waals surface area contributed by atoms with Crippen molar-refractivity contribution in [3.63, 3.8) is 0 Å². The first-order valence-corrected chi connectivity index (χ1v) is 6.03. The number of amides is 1. The van der Waals surface area contributed by atoms with E-state index in [0.717, 1.165) is 0 Å². The van der Waals surface area contributed by atoms with E-state index in [1.807, 2.05) is 0 Å². The molecule has 1 atom stereocenters. The van der Waals surface area contributed by atoms with E-state index in [9.17, 15) is 9.59 Å². The first-order valence-electron chi connectivity index (χ1n) is 6.03. The molecular formula is C12H24N2O4. The van der Waals surface area contributed by atoms with Crippen LogP contribution in [0, 0.1) is 0 Å². The number of hydrogen-bond donors (Lipinski definition) is 1. The van der Waals surface area contributed by atoms with Crippen molar-refractivity contribution in [3.8, 4) is 0 Å². The molecule has 0 aromatic carbocycles. The Labute approximate surface area is 109 Å². The van der Waals surface area contributed by atoms with Gasteiger partial charge in [0.15, 0.2) is 0 Å². The average molecular weight is 260 g/mol. The maximum absolute atomic E-state index is 12.0. The summed E-state index contributed by atoms with van der Waals surface area (Å²) in [6, 6.07) is 0. The molecule has 6 nitrogen and oxygen atoms in total. The van der Waals surface area contributed by atoms with Gasteiger partial charge in [-0.1, -0.05) is 0 Å². The summed E-state index contributed by atoms with van der Waals surface area (Å²) in [4.78, 5) is 24.7. The molecule has 1 unspecified atom stereocenters. The molecule has 0 aliphatic carbocycles. The Morgan fingerprint density at radius 1 is 1.33 bits per heavy atom. The van der Waals surface area contributed by atoms with Crippen molar-refractivity contribution in [1.82, 2.24) is 10.2 Å². The molecule has 0 rings (SSSR count). The van der Waals surface area contributed by atoms with Crippen LogP contribution in [0.2, 0.25) is 0 Å². The van der Waals surface area contributed by atoms with Crippen LogP contribution in [0.25, 0.3) is 0 Å². The highest BCUT2D eigenvalue weighted by molar-refractivity contribution is 5.78. The van der Waals surface area contributed by atoms with E-state index in [4.69, 9.17) is 9.47 Å². The molecule has 6 heteroatoms. The Morgan fingerprint density at radius 2 is 1.89 bits per heavy atom. The zero-order chi connectivity index (χ0) is 14.3. The minimum Gasteiger partial charge on any atom is -0.465 e. The van der Waals surface area contributed by atoms with Crippen LogP contribution < -0.4 is 5.32 Å². The highest BCUT2D eigenvalue weighted by Crippen LogP contribution is 2.11. The second-order valence-corrected chi connectivity index (χ2v) is 4.88. The summed E-state index contributed by atoms with van der Waals surface area (Å²) < 4.78 is 10.1. The average Bonchev–Trinajstić information content (AvgIpc) is 2.22. The minimum atomic E-state index is -0.600. The maximum atomic E-state index is 12.0. The second-order valence-electron chi connectivity index (χ2n) is 4.88. The fraction of sp³-hybridized carbons (Fsp3) is 0.833. The molecule has 1 N–H and O–H groups in total. The molecule has 0 fully saturated rings. The van der Waals surface area contributed by atoms with E-state index in [-0.39, 0.29) is 19.3 Å². The number of nitrogens with one attached hydrogen (secondary N) is 1. The van der Waals surface area contributed by atoms with Crippen molar-refractivity contribution in [2.75, 3.05) is 20.2 Å².